The Morgan fingerprint density at radius 3 is 2.62 bits per heavy atom. The normalized spacial score (nSPS) is 17.7. The molecule has 3 nitrogen and oxygen atoms in total. The van der Waals surface area contributed by atoms with Crippen molar-refractivity contribution in [2.24, 2.45) is 0 Å². The second-order valence-electron chi connectivity index (χ2n) is 6.25. The molecule has 0 saturated carbocycles. The third-order valence-electron chi connectivity index (χ3n) is 4.46. The highest BCUT2D eigenvalue weighted by Crippen LogP contribution is 2.46. The zero-order chi connectivity index (χ0) is 17.3. The van der Waals surface area contributed by atoms with Gasteiger partial charge in [-0.25, -0.2) is 0 Å². The summed E-state index contributed by atoms with van der Waals surface area (Å²) in [6.45, 7) is 4.31. The first kappa shape index (κ1) is 16.2. The van der Waals surface area contributed by atoms with Crippen LogP contribution in [0.2, 0.25) is 0 Å². The van der Waals surface area contributed by atoms with Crippen LogP contribution in [-0.4, -0.2) is 12.8 Å². The molecule has 0 amide bonds. The Kier molecular flexibility index (Phi) is 4.13. The van der Waals surface area contributed by atoms with Crippen LogP contribution in [0.25, 0.3) is 0 Å². The fourth-order valence-corrected chi connectivity index (χ4v) is 3.85. The molecule has 0 N–H and O–H groups in total. The van der Waals surface area contributed by atoms with Crippen LogP contribution in [0.3, 0.4) is 0 Å². The molecule has 1 aliphatic rings. The molecule has 1 aromatic carbocycles. The van der Waals surface area contributed by atoms with Crippen molar-refractivity contribution in [1.29, 1.82) is 5.26 Å². The van der Waals surface area contributed by atoms with Gasteiger partial charge in [0.15, 0.2) is 0 Å². The van der Waals surface area contributed by atoms with Crippen LogP contribution >= 0.6 is 11.3 Å². The molecule has 120 valence electrons. The third kappa shape index (κ3) is 2.57. The number of benzene rings is 1. The number of thiophene rings is 1. The Balaban J connectivity index is 2.00. The standard InChI is InChI=1S/C20H18N2OS/c1-20(2)15-7-4-5-8-16(15)22(3)18(20)11-10-14(13-21)19(23)17-9-6-12-24-17/h4-12H,1-3H3/b14-10+,18-11-. The number of ketones is 1. The molecule has 0 bridgehead atoms. The van der Waals surface area contributed by atoms with Gasteiger partial charge in [0.25, 0.3) is 0 Å². The number of anilines is 1. The first-order valence-electron chi connectivity index (χ1n) is 7.71. The Labute approximate surface area is 146 Å². The first-order chi connectivity index (χ1) is 11.5. The van der Waals surface area contributed by atoms with Crippen LogP contribution in [0.15, 0.2) is 65.2 Å². The number of rotatable bonds is 3. The molecule has 0 saturated heterocycles. The predicted octanol–water partition coefficient (Wildman–Crippen LogP) is 4.69. The number of carbonyl (C=O) groups is 1. The van der Waals surface area contributed by atoms with Crippen LogP contribution < -0.4 is 4.90 Å². The van der Waals surface area contributed by atoms with Crippen molar-refractivity contribution in [3.05, 3.63) is 75.6 Å². The summed E-state index contributed by atoms with van der Waals surface area (Å²) in [5.74, 6) is -0.222. The number of Topliss-reactive ketones (excluding diaryl/α,β-unsaturated/α-hetero) is 1. The summed E-state index contributed by atoms with van der Waals surface area (Å²) < 4.78 is 0. The zero-order valence-corrected chi connectivity index (χ0v) is 14.7. The molecule has 0 unspecified atom stereocenters. The second-order valence-corrected chi connectivity index (χ2v) is 7.20. The summed E-state index contributed by atoms with van der Waals surface area (Å²) >= 11 is 1.35. The fraction of sp³-hybridized carbons (Fsp3) is 0.200. The van der Waals surface area contributed by atoms with E-state index in [1.807, 2.05) is 42.8 Å². The highest BCUT2D eigenvalue weighted by molar-refractivity contribution is 7.12. The Morgan fingerprint density at radius 2 is 2.00 bits per heavy atom. The van der Waals surface area contributed by atoms with Gasteiger partial charge in [0, 0.05) is 23.8 Å². The minimum atomic E-state index is -0.222. The molecule has 1 aromatic heterocycles. The van der Waals surface area contributed by atoms with Gasteiger partial charge in [-0.05, 0) is 35.2 Å². The van der Waals surface area contributed by atoms with Gasteiger partial charge in [0.1, 0.15) is 11.6 Å². The van der Waals surface area contributed by atoms with Crippen molar-refractivity contribution in [2.75, 3.05) is 11.9 Å². The molecule has 24 heavy (non-hydrogen) atoms. The van der Waals surface area contributed by atoms with Gasteiger partial charge < -0.3 is 4.90 Å². The monoisotopic (exact) mass is 334 g/mol. The van der Waals surface area contributed by atoms with E-state index < -0.39 is 0 Å². The van der Waals surface area contributed by atoms with Crippen LogP contribution in [0.4, 0.5) is 5.69 Å². The van der Waals surface area contributed by atoms with Crippen LogP contribution in [-0.2, 0) is 5.41 Å². The first-order valence-corrected chi connectivity index (χ1v) is 8.59. The number of likely N-dealkylation sites (N-methyl/N-ethyl adjacent to an activating group) is 1. The Morgan fingerprint density at radius 1 is 1.25 bits per heavy atom. The molecular weight excluding hydrogens is 316 g/mol. The van der Waals surface area contributed by atoms with Crippen LogP contribution in [0.1, 0.15) is 29.1 Å². The van der Waals surface area contributed by atoms with Crippen molar-refractivity contribution in [2.45, 2.75) is 19.3 Å². The van der Waals surface area contributed by atoms with Crippen molar-refractivity contribution >= 4 is 22.8 Å². The number of hydrogen-bond donors (Lipinski definition) is 0. The molecule has 3 rings (SSSR count). The highest BCUT2D eigenvalue weighted by Gasteiger charge is 2.37. The lowest BCUT2D eigenvalue weighted by atomic mass is 9.83. The number of hydrogen-bond acceptors (Lipinski definition) is 4. The van der Waals surface area contributed by atoms with E-state index in [0.29, 0.717) is 4.88 Å². The van der Waals surface area contributed by atoms with Gasteiger partial charge in [-0.3, -0.25) is 4.79 Å². The maximum absolute atomic E-state index is 12.4. The van der Waals surface area contributed by atoms with E-state index in [1.54, 1.807) is 12.1 Å². The minimum Gasteiger partial charge on any atom is -0.347 e. The molecule has 4 heteroatoms. The van der Waals surface area contributed by atoms with E-state index in [2.05, 4.69) is 30.9 Å². The van der Waals surface area contributed by atoms with Gasteiger partial charge in [-0.1, -0.05) is 38.1 Å². The average Bonchev–Trinajstić information content (AvgIpc) is 3.17. The number of nitrogens with zero attached hydrogens (tertiary/aromatic N) is 2. The topological polar surface area (TPSA) is 44.1 Å². The average molecular weight is 334 g/mol. The number of nitriles is 1. The van der Waals surface area contributed by atoms with Crippen LogP contribution in [0.5, 0.6) is 0 Å². The summed E-state index contributed by atoms with van der Waals surface area (Å²) in [6.07, 6.45) is 3.53. The summed E-state index contributed by atoms with van der Waals surface area (Å²) in [7, 11) is 2.01. The van der Waals surface area contributed by atoms with Gasteiger partial charge in [0.05, 0.1) is 4.88 Å². The summed E-state index contributed by atoms with van der Waals surface area (Å²) in [6, 6.07) is 13.9. The predicted molar refractivity (Wildman–Crippen MR) is 98.3 cm³/mol. The second kappa shape index (κ2) is 6.10. The molecule has 0 radical (unpaired) electrons. The third-order valence-corrected chi connectivity index (χ3v) is 5.33. The maximum Gasteiger partial charge on any atom is 0.213 e. The van der Waals surface area contributed by atoms with Gasteiger partial charge >= 0.3 is 0 Å². The molecule has 0 fully saturated rings. The van der Waals surface area contributed by atoms with Crippen LogP contribution in [0, 0.1) is 11.3 Å². The number of carbonyl (C=O) groups excluding carboxylic acids is 1. The minimum absolute atomic E-state index is 0.158. The summed E-state index contributed by atoms with van der Waals surface area (Å²) in [4.78, 5) is 15.1. The SMILES string of the molecule is CN1/C(=C\C=C(/C#N)C(=O)c2cccs2)C(C)(C)c2ccccc21. The van der Waals surface area contributed by atoms with Crippen molar-refractivity contribution < 1.29 is 4.79 Å². The molecule has 2 heterocycles. The van der Waals surface area contributed by atoms with E-state index in [9.17, 15) is 10.1 Å². The van der Waals surface area contributed by atoms with E-state index >= 15 is 0 Å². The largest absolute Gasteiger partial charge is 0.347 e. The lowest BCUT2D eigenvalue weighted by Crippen LogP contribution is -2.22. The van der Waals surface area contributed by atoms with Crippen molar-refractivity contribution in [3.63, 3.8) is 0 Å². The number of para-hydroxylation sites is 1. The molecule has 0 spiro atoms. The summed E-state index contributed by atoms with van der Waals surface area (Å²) in [5.41, 5.74) is 3.45. The van der Waals surface area contributed by atoms with E-state index in [1.165, 1.54) is 16.9 Å². The lowest BCUT2D eigenvalue weighted by Gasteiger charge is -2.23. The molecule has 0 aliphatic carbocycles. The quantitative estimate of drug-likeness (QED) is 0.464. The Bertz CT molecular complexity index is 883. The van der Waals surface area contributed by atoms with E-state index in [-0.39, 0.29) is 16.8 Å². The molecule has 0 atom stereocenters. The van der Waals surface area contributed by atoms with E-state index in [4.69, 9.17) is 0 Å². The van der Waals surface area contributed by atoms with Crippen molar-refractivity contribution in [1.82, 2.24) is 0 Å². The highest BCUT2D eigenvalue weighted by atomic mass is 32.1. The summed E-state index contributed by atoms with van der Waals surface area (Å²) in [5, 5.41) is 11.2. The van der Waals surface area contributed by atoms with Gasteiger partial charge in [-0.15, -0.1) is 11.3 Å². The zero-order valence-electron chi connectivity index (χ0n) is 13.9. The molecular formula is C20H18N2OS. The smallest absolute Gasteiger partial charge is 0.213 e. The van der Waals surface area contributed by atoms with Crippen molar-refractivity contribution in [3.8, 4) is 6.07 Å². The Hall–Kier alpha value is -2.64. The lowest BCUT2D eigenvalue weighted by molar-refractivity contribution is 0.104. The fourth-order valence-electron chi connectivity index (χ4n) is 3.17. The van der Waals surface area contributed by atoms with Gasteiger partial charge in [-0.2, -0.15) is 5.26 Å². The molecule has 1 aliphatic heterocycles. The van der Waals surface area contributed by atoms with Gasteiger partial charge in [0.2, 0.25) is 5.78 Å². The number of fused-ring (bicyclic) bond motifs is 1. The maximum atomic E-state index is 12.4. The number of allylic oxidation sites excluding steroid dienone is 4. The van der Waals surface area contributed by atoms with E-state index in [0.717, 1.165) is 11.4 Å². The molecule has 2 aromatic rings.